The largest absolute Gasteiger partial charge is 0.467 e. The van der Waals surface area contributed by atoms with Gasteiger partial charge in [-0.1, -0.05) is 18.2 Å². The Balaban J connectivity index is 1.69. The topological polar surface area (TPSA) is 60.7 Å². The van der Waals surface area contributed by atoms with E-state index in [1.165, 1.54) is 0 Å². The molecule has 0 fully saturated rings. The molecular weight excluding hydrogens is 246 g/mol. The maximum atomic E-state index is 11.5. The van der Waals surface area contributed by atoms with E-state index in [1.807, 2.05) is 25.1 Å². The zero-order valence-electron chi connectivity index (χ0n) is 10.6. The Kier molecular flexibility index (Phi) is 4.58. The molecule has 1 aromatic heterocycles. The van der Waals surface area contributed by atoms with Crippen LogP contribution in [0.25, 0.3) is 0 Å². The van der Waals surface area contributed by atoms with Crippen LogP contribution in [-0.2, 0) is 11.3 Å². The van der Waals surface area contributed by atoms with Gasteiger partial charge in [0.05, 0.1) is 6.26 Å². The maximum absolute atomic E-state index is 11.5. The van der Waals surface area contributed by atoms with Crippen LogP contribution < -0.4 is 10.1 Å². The summed E-state index contributed by atoms with van der Waals surface area (Å²) in [7, 11) is 0. The quantitative estimate of drug-likeness (QED) is 0.664. The Hall–Kier alpha value is -2.27. The molecule has 19 heavy (non-hydrogen) atoms. The number of aryl methyl sites for hydroxylation is 1. The van der Waals surface area contributed by atoms with Crippen molar-refractivity contribution in [1.82, 2.24) is 5.32 Å². The number of amides is 1. The molecule has 0 aliphatic rings. The minimum atomic E-state index is -0.547. The van der Waals surface area contributed by atoms with E-state index in [4.69, 9.17) is 13.9 Å². The fourth-order valence-corrected chi connectivity index (χ4v) is 1.46. The van der Waals surface area contributed by atoms with Crippen molar-refractivity contribution in [2.45, 2.75) is 13.5 Å². The molecule has 0 spiro atoms. The number of benzene rings is 1. The molecular formula is C14H15NO4. The molecule has 1 amide bonds. The Morgan fingerprint density at radius 1 is 1.26 bits per heavy atom. The predicted octanol–water partition coefficient (Wildman–Crippen LogP) is 2.85. The number of nitrogens with one attached hydrogen (secondary N) is 1. The van der Waals surface area contributed by atoms with E-state index in [0.29, 0.717) is 18.1 Å². The van der Waals surface area contributed by atoms with Crippen LogP contribution >= 0.6 is 0 Å². The molecule has 0 saturated heterocycles. The highest BCUT2D eigenvalue weighted by atomic mass is 16.6. The van der Waals surface area contributed by atoms with Gasteiger partial charge in [-0.25, -0.2) is 4.79 Å². The predicted molar refractivity (Wildman–Crippen MR) is 68.7 cm³/mol. The zero-order valence-corrected chi connectivity index (χ0v) is 10.6. The summed E-state index contributed by atoms with van der Waals surface area (Å²) in [6.45, 7) is 2.24. The van der Waals surface area contributed by atoms with Crippen molar-refractivity contribution in [3.05, 3.63) is 54.0 Å². The Morgan fingerprint density at radius 3 is 2.84 bits per heavy atom. The van der Waals surface area contributed by atoms with Gasteiger partial charge >= 0.3 is 6.09 Å². The second-order valence-electron chi connectivity index (χ2n) is 3.90. The van der Waals surface area contributed by atoms with Crippen molar-refractivity contribution in [3.8, 4) is 5.75 Å². The number of carbonyl (C=O) groups is 1. The summed E-state index contributed by atoms with van der Waals surface area (Å²) in [6, 6.07) is 10.9. The fraction of sp³-hybridized carbons (Fsp3) is 0.214. The van der Waals surface area contributed by atoms with Gasteiger partial charge in [0.1, 0.15) is 24.8 Å². The van der Waals surface area contributed by atoms with Gasteiger partial charge in [0, 0.05) is 0 Å². The van der Waals surface area contributed by atoms with Gasteiger partial charge in [-0.3, -0.25) is 5.32 Å². The van der Waals surface area contributed by atoms with E-state index < -0.39 is 6.09 Å². The molecule has 2 aromatic rings. The molecule has 5 nitrogen and oxygen atoms in total. The second-order valence-corrected chi connectivity index (χ2v) is 3.90. The lowest BCUT2D eigenvalue weighted by Crippen LogP contribution is -2.29. The van der Waals surface area contributed by atoms with Crippen molar-refractivity contribution in [2.75, 3.05) is 6.73 Å². The summed E-state index contributed by atoms with van der Waals surface area (Å²) >= 11 is 0. The number of para-hydroxylation sites is 1. The van der Waals surface area contributed by atoms with E-state index >= 15 is 0 Å². The van der Waals surface area contributed by atoms with E-state index in [2.05, 4.69) is 5.32 Å². The molecule has 0 aliphatic carbocycles. The molecule has 0 saturated carbocycles. The molecule has 2 rings (SSSR count). The van der Waals surface area contributed by atoms with Crippen LogP contribution in [0.4, 0.5) is 4.79 Å². The first-order valence-corrected chi connectivity index (χ1v) is 5.87. The average molecular weight is 261 g/mol. The fourth-order valence-electron chi connectivity index (χ4n) is 1.46. The molecule has 1 N–H and O–H groups in total. The van der Waals surface area contributed by atoms with Crippen LogP contribution in [0.15, 0.2) is 47.1 Å². The average Bonchev–Trinajstić information content (AvgIpc) is 2.91. The van der Waals surface area contributed by atoms with Gasteiger partial charge < -0.3 is 13.9 Å². The van der Waals surface area contributed by atoms with E-state index in [0.717, 1.165) is 5.56 Å². The van der Waals surface area contributed by atoms with Crippen molar-refractivity contribution < 1.29 is 18.7 Å². The van der Waals surface area contributed by atoms with Crippen LogP contribution in [0.5, 0.6) is 5.75 Å². The summed E-state index contributed by atoms with van der Waals surface area (Å²) in [4.78, 5) is 11.5. The van der Waals surface area contributed by atoms with Crippen molar-refractivity contribution in [2.24, 2.45) is 0 Å². The third-order valence-electron chi connectivity index (χ3n) is 2.44. The molecule has 1 heterocycles. The summed E-state index contributed by atoms with van der Waals surface area (Å²) in [5.41, 5.74) is 0.897. The smallest absolute Gasteiger partial charge is 0.414 e. The summed E-state index contributed by atoms with van der Waals surface area (Å²) in [5.74, 6) is 1.24. The van der Waals surface area contributed by atoms with Crippen molar-refractivity contribution in [1.29, 1.82) is 0 Å². The number of ether oxygens (including phenoxy) is 2. The van der Waals surface area contributed by atoms with Crippen LogP contribution in [0, 0.1) is 6.92 Å². The highest BCUT2D eigenvalue weighted by Crippen LogP contribution is 2.15. The van der Waals surface area contributed by atoms with Gasteiger partial charge in [-0.2, -0.15) is 0 Å². The third-order valence-corrected chi connectivity index (χ3v) is 2.44. The molecule has 1 aromatic carbocycles. The first kappa shape index (κ1) is 13.2. The number of rotatable bonds is 5. The van der Waals surface area contributed by atoms with Crippen LogP contribution in [0.2, 0.25) is 0 Å². The molecule has 0 radical (unpaired) electrons. The number of hydrogen-bond acceptors (Lipinski definition) is 4. The second kappa shape index (κ2) is 6.61. The molecule has 0 bridgehead atoms. The molecule has 0 aliphatic heterocycles. The lowest BCUT2D eigenvalue weighted by atomic mass is 10.2. The minimum absolute atomic E-state index is 0.0609. The molecule has 5 heteroatoms. The summed E-state index contributed by atoms with van der Waals surface area (Å²) in [6.07, 6.45) is 1.02. The zero-order chi connectivity index (χ0) is 13.5. The van der Waals surface area contributed by atoms with Gasteiger partial charge in [-0.15, -0.1) is 0 Å². The Morgan fingerprint density at radius 2 is 2.11 bits per heavy atom. The monoisotopic (exact) mass is 261 g/mol. The molecule has 0 unspecified atom stereocenters. The number of furan rings is 1. The van der Waals surface area contributed by atoms with Crippen LogP contribution in [-0.4, -0.2) is 12.8 Å². The minimum Gasteiger partial charge on any atom is -0.467 e. The standard InChI is InChI=1S/C14H15NO4/c1-11-5-2-3-7-13(11)19-14(16)15-10-17-9-12-6-4-8-18-12/h2-8H,9-10H2,1H3,(H,15,16). The highest BCUT2D eigenvalue weighted by molar-refractivity contribution is 5.70. The Labute approximate surface area is 111 Å². The SMILES string of the molecule is Cc1ccccc1OC(=O)NCOCc1ccco1. The van der Waals surface area contributed by atoms with Gasteiger partial charge in [-0.05, 0) is 30.7 Å². The van der Waals surface area contributed by atoms with E-state index in [9.17, 15) is 4.79 Å². The molecule has 100 valence electrons. The van der Waals surface area contributed by atoms with Gasteiger partial charge in [0.2, 0.25) is 0 Å². The van der Waals surface area contributed by atoms with E-state index in [-0.39, 0.29) is 6.73 Å². The number of hydrogen-bond donors (Lipinski definition) is 1. The maximum Gasteiger partial charge on any atom is 0.414 e. The lowest BCUT2D eigenvalue weighted by Gasteiger charge is -2.08. The molecule has 0 atom stereocenters. The normalized spacial score (nSPS) is 10.2. The number of carbonyl (C=O) groups excluding carboxylic acids is 1. The summed E-state index contributed by atoms with van der Waals surface area (Å²) in [5, 5.41) is 2.50. The first-order chi connectivity index (χ1) is 9.25. The van der Waals surface area contributed by atoms with Gasteiger partial charge in [0.25, 0.3) is 0 Å². The van der Waals surface area contributed by atoms with Crippen molar-refractivity contribution >= 4 is 6.09 Å². The summed E-state index contributed by atoms with van der Waals surface area (Å²) < 4.78 is 15.4. The Bertz CT molecular complexity index is 522. The first-order valence-electron chi connectivity index (χ1n) is 5.87. The van der Waals surface area contributed by atoms with Crippen LogP contribution in [0.1, 0.15) is 11.3 Å². The lowest BCUT2D eigenvalue weighted by molar-refractivity contribution is 0.0886. The van der Waals surface area contributed by atoms with Gasteiger partial charge in [0.15, 0.2) is 0 Å². The highest BCUT2D eigenvalue weighted by Gasteiger charge is 2.05. The third kappa shape index (κ3) is 4.15. The van der Waals surface area contributed by atoms with Crippen LogP contribution in [0.3, 0.4) is 0 Å². The van der Waals surface area contributed by atoms with Crippen molar-refractivity contribution in [3.63, 3.8) is 0 Å². The van der Waals surface area contributed by atoms with E-state index in [1.54, 1.807) is 24.5 Å².